The first-order valence-corrected chi connectivity index (χ1v) is 8.03. The molecule has 0 amide bonds. The van der Waals surface area contributed by atoms with E-state index in [-0.39, 0.29) is 0 Å². The number of fused-ring (bicyclic) bond motifs is 1. The monoisotopic (exact) mass is 357 g/mol. The fourth-order valence-corrected chi connectivity index (χ4v) is 3.15. The Bertz CT molecular complexity index is 595. The van der Waals surface area contributed by atoms with Crippen molar-refractivity contribution in [1.29, 1.82) is 0 Å². The van der Waals surface area contributed by atoms with Gasteiger partial charge in [0.2, 0.25) is 0 Å². The van der Waals surface area contributed by atoms with Crippen molar-refractivity contribution in [1.82, 2.24) is 14.7 Å². The fraction of sp³-hybridized carbons (Fsp3) is 0.500. The van der Waals surface area contributed by atoms with E-state index in [2.05, 4.69) is 32.0 Å². The normalized spacial score (nSPS) is 16.9. The molecule has 1 aliphatic rings. The van der Waals surface area contributed by atoms with Crippen molar-refractivity contribution in [2.24, 2.45) is 0 Å². The molecule has 0 spiro atoms. The van der Waals surface area contributed by atoms with Crippen LogP contribution in [0.25, 0.3) is 10.9 Å². The number of benzene rings is 1. The second-order valence-corrected chi connectivity index (χ2v) is 6.26. The largest absolute Gasteiger partial charge is 0.379 e. The van der Waals surface area contributed by atoms with Crippen molar-refractivity contribution in [2.75, 3.05) is 32.8 Å². The Balaban J connectivity index is 1.66. The van der Waals surface area contributed by atoms with Gasteiger partial charge in [0.25, 0.3) is 0 Å². The molecule has 1 aliphatic heterocycles. The molecule has 0 radical (unpaired) electrons. The lowest BCUT2D eigenvalue weighted by Gasteiger charge is -2.26. The number of ether oxygens (including phenoxy) is 1. The van der Waals surface area contributed by atoms with E-state index in [1.165, 1.54) is 0 Å². The molecule has 6 heteroatoms. The van der Waals surface area contributed by atoms with Crippen molar-refractivity contribution in [2.45, 2.75) is 13.0 Å². The topological polar surface area (TPSA) is 30.3 Å². The number of hydrogen-bond acceptors (Lipinski definition) is 3. The lowest BCUT2D eigenvalue weighted by molar-refractivity contribution is 0.0368. The van der Waals surface area contributed by atoms with Gasteiger partial charge in [-0.15, -0.1) is 0 Å². The van der Waals surface area contributed by atoms with Crippen LogP contribution < -0.4 is 0 Å². The Hall–Kier alpha value is -0.620. The number of rotatable bonds is 4. The molecule has 2 heterocycles. The van der Waals surface area contributed by atoms with Gasteiger partial charge in [-0.3, -0.25) is 9.58 Å². The minimum atomic E-state index is 0.582. The predicted molar refractivity (Wildman–Crippen MR) is 84.3 cm³/mol. The van der Waals surface area contributed by atoms with E-state index in [1.807, 2.05) is 16.8 Å². The number of morpholine rings is 1. The zero-order chi connectivity index (χ0) is 13.9. The second kappa shape index (κ2) is 6.43. The zero-order valence-electron chi connectivity index (χ0n) is 11.2. The summed E-state index contributed by atoms with van der Waals surface area (Å²) in [5.74, 6) is 0. The van der Waals surface area contributed by atoms with Crippen LogP contribution in [0, 0.1) is 0 Å². The summed E-state index contributed by atoms with van der Waals surface area (Å²) in [5, 5.41) is 6.03. The van der Waals surface area contributed by atoms with Crippen LogP contribution in [0.3, 0.4) is 0 Å². The third kappa shape index (κ3) is 3.17. The number of aromatic nitrogens is 2. The average molecular weight is 359 g/mol. The molecule has 1 aromatic carbocycles. The summed E-state index contributed by atoms with van der Waals surface area (Å²) in [6.07, 6.45) is 1.07. The summed E-state index contributed by atoms with van der Waals surface area (Å²) in [5.41, 5.74) is 1.09. The Labute approximate surface area is 131 Å². The van der Waals surface area contributed by atoms with Gasteiger partial charge in [-0.25, -0.2) is 0 Å². The van der Waals surface area contributed by atoms with Crippen LogP contribution >= 0.6 is 27.5 Å². The standard InChI is InChI=1S/C14H17BrClN3O/c15-11-2-3-12-13(10-11)19(17-14(12)16)5-1-4-18-6-8-20-9-7-18/h2-3,10H,1,4-9H2. The Morgan fingerprint density at radius 1 is 1.25 bits per heavy atom. The molecule has 0 unspecified atom stereocenters. The highest BCUT2D eigenvalue weighted by Crippen LogP contribution is 2.26. The summed E-state index contributed by atoms with van der Waals surface area (Å²) in [6.45, 7) is 5.73. The van der Waals surface area contributed by atoms with Crippen molar-refractivity contribution < 1.29 is 4.74 Å². The highest BCUT2D eigenvalue weighted by Gasteiger charge is 2.12. The first-order valence-electron chi connectivity index (χ1n) is 6.86. The molecule has 108 valence electrons. The van der Waals surface area contributed by atoms with E-state index in [4.69, 9.17) is 16.3 Å². The first kappa shape index (κ1) is 14.3. The van der Waals surface area contributed by atoms with Gasteiger partial charge < -0.3 is 4.74 Å². The van der Waals surface area contributed by atoms with Crippen LogP contribution in [-0.4, -0.2) is 47.5 Å². The summed E-state index contributed by atoms with van der Waals surface area (Å²) in [4.78, 5) is 2.44. The van der Waals surface area contributed by atoms with Gasteiger partial charge in [0.15, 0.2) is 5.15 Å². The van der Waals surface area contributed by atoms with Gasteiger partial charge >= 0.3 is 0 Å². The number of hydrogen-bond donors (Lipinski definition) is 0. The molecule has 1 saturated heterocycles. The SMILES string of the molecule is Clc1nn(CCCN2CCOCC2)c2cc(Br)ccc12. The Morgan fingerprint density at radius 3 is 2.85 bits per heavy atom. The van der Waals surface area contributed by atoms with Crippen LogP contribution in [0.15, 0.2) is 22.7 Å². The lowest BCUT2D eigenvalue weighted by Crippen LogP contribution is -2.37. The van der Waals surface area contributed by atoms with Crippen LogP contribution in [0.2, 0.25) is 5.15 Å². The van der Waals surface area contributed by atoms with E-state index < -0.39 is 0 Å². The van der Waals surface area contributed by atoms with E-state index >= 15 is 0 Å². The third-order valence-electron chi connectivity index (χ3n) is 3.62. The van der Waals surface area contributed by atoms with Crippen LogP contribution in [0.1, 0.15) is 6.42 Å². The highest BCUT2D eigenvalue weighted by molar-refractivity contribution is 9.10. The van der Waals surface area contributed by atoms with Crippen molar-refractivity contribution >= 4 is 38.4 Å². The van der Waals surface area contributed by atoms with E-state index in [0.717, 1.165) is 61.2 Å². The quantitative estimate of drug-likeness (QED) is 0.841. The summed E-state index contributed by atoms with van der Waals surface area (Å²) in [7, 11) is 0. The van der Waals surface area contributed by atoms with Crippen molar-refractivity contribution in [3.8, 4) is 0 Å². The molecule has 2 aromatic rings. The maximum Gasteiger partial charge on any atom is 0.158 e. The van der Waals surface area contributed by atoms with Crippen molar-refractivity contribution in [3.05, 3.63) is 27.8 Å². The van der Waals surface area contributed by atoms with Crippen LogP contribution in [-0.2, 0) is 11.3 Å². The van der Waals surface area contributed by atoms with Crippen molar-refractivity contribution in [3.63, 3.8) is 0 Å². The average Bonchev–Trinajstić information content (AvgIpc) is 2.76. The molecule has 1 aromatic heterocycles. The molecule has 0 saturated carbocycles. The van der Waals surface area contributed by atoms with Gasteiger partial charge in [0, 0.05) is 36.0 Å². The van der Waals surface area contributed by atoms with Gasteiger partial charge in [-0.05, 0) is 24.6 Å². The highest BCUT2D eigenvalue weighted by atomic mass is 79.9. The first-order chi connectivity index (χ1) is 9.74. The van der Waals surface area contributed by atoms with E-state index in [9.17, 15) is 0 Å². The molecular formula is C14H17BrClN3O. The third-order valence-corrected chi connectivity index (χ3v) is 4.39. The summed E-state index contributed by atoms with van der Waals surface area (Å²) < 4.78 is 8.41. The fourth-order valence-electron chi connectivity index (χ4n) is 2.55. The minimum Gasteiger partial charge on any atom is -0.379 e. The second-order valence-electron chi connectivity index (χ2n) is 4.98. The molecular weight excluding hydrogens is 342 g/mol. The van der Waals surface area contributed by atoms with Gasteiger partial charge in [-0.1, -0.05) is 27.5 Å². The molecule has 0 aliphatic carbocycles. The summed E-state index contributed by atoms with van der Waals surface area (Å²) >= 11 is 9.68. The number of nitrogens with zero attached hydrogens (tertiary/aromatic N) is 3. The maximum atomic E-state index is 6.18. The summed E-state index contributed by atoms with van der Waals surface area (Å²) in [6, 6.07) is 6.07. The van der Waals surface area contributed by atoms with Crippen LogP contribution in [0.5, 0.6) is 0 Å². The molecule has 0 atom stereocenters. The maximum absolute atomic E-state index is 6.18. The number of halogens is 2. The molecule has 0 bridgehead atoms. The van der Waals surface area contributed by atoms with E-state index in [1.54, 1.807) is 0 Å². The van der Waals surface area contributed by atoms with Gasteiger partial charge in [-0.2, -0.15) is 5.10 Å². The molecule has 4 nitrogen and oxygen atoms in total. The molecule has 3 rings (SSSR count). The van der Waals surface area contributed by atoms with Gasteiger partial charge in [0.05, 0.1) is 18.7 Å². The zero-order valence-corrected chi connectivity index (χ0v) is 13.5. The molecule has 1 fully saturated rings. The minimum absolute atomic E-state index is 0.582. The van der Waals surface area contributed by atoms with E-state index in [0.29, 0.717) is 5.15 Å². The Morgan fingerprint density at radius 2 is 2.05 bits per heavy atom. The van der Waals surface area contributed by atoms with Crippen LogP contribution in [0.4, 0.5) is 0 Å². The lowest BCUT2D eigenvalue weighted by atomic mass is 10.2. The molecule has 20 heavy (non-hydrogen) atoms. The number of aryl methyl sites for hydroxylation is 1. The van der Waals surface area contributed by atoms with Gasteiger partial charge in [0.1, 0.15) is 0 Å². The predicted octanol–water partition coefficient (Wildman–Crippen LogP) is 3.17. The Kier molecular flexibility index (Phi) is 4.61. The molecule has 0 N–H and O–H groups in total. The smallest absolute Gasteiger partial charge is 0.158 e.